The third-order valence-corrected chi connectivity index (χ3v) is 5.60. The van der Waals surface area contributed by atoms with Crippen molar-refractivity contribution in [2.24, 2.45) is 11.8 Å². The van der Waals surface area contributed by atoms with Gasteiger partial charge in [0, 0.05) is 33.2 Å². The second-order valence-electron chi connectivity index (χ2n) is 6.40. The minimum Gasteiger partial charge on any atom is -0.393 e. The lowest BCUT2D eigenvalue weighted by Crippen LogP contribution is -2.66. The molecule has 0 heterocycles. The van der Waals surface area contributed by atoms with Crippen LogP contribution in [0.4, 0.5) is 0 Å². The lowest BCUT2D eigenvalue weighted by atomic mass is 9.68. The number of aliphatic hydroxyl groups excluding tert-OH is 2. The minimum absolute atomic E-state index is 0.0340. The molecule has 0 aliphatic rings. The van der Waals surface area contributed by atoms with Crippen molar-refractivity contribution in [1.29, 1.82) is 0 Å². The summed E-state index contributed by atoms with van der Waals surface area (Å²) in [5, 5.41) is 20.6. The number of rotatable bonds is 9. The molecule has 0 aliphatic heterocycles. The smallest absolute Gasteiger partial charge is 0.120 e. The average Bonchev–Trinajstić information content (AvgIpc) is 2.49. The molecule has 0 saturated carbocycles. The second-order valence-corrected chi connectivity index (χ2v) is 6.40. The van der Waals surface area contributed by atoms with Crippen molar-refractivity contribution >= 4 is 0 Å². The van der Waals surface area contributed by atoms with Crippen molar-refractivity contribution in [2.75, 3.05) is 21.3 Å². The summed E-state index contributed by atoms with van der Waals surface area (Å²) in [4.78, 5) is 0. The Morgan fingerprint density at radius 3 is 1.52 bits per heavy atom. The Kier molecular flexibility index (Phi) is 7.81. The first-order valence-electron chi connectivity index (χ1n) is 7.52. The topological polar surface area (TPSA) is 68.2 Å². The fraction of sp³-hybridized carbons (Fsp3) is 1.00. The van der Waals surface area contributed by atoms with Gasteiger partial charge in [0.1, 0.15) is 11.2 Å². The van der Waals surface area contributed by atoms with Crippen LogP contribution in [0.1, 0.15) is 41.5 Å². The van der Waals surface area contributed by atoms with Gasteiger partial charge in [-0.15, -0.1) is 0 Å². The molecule has 5 heteroatoms. The van der Waals surface area contributed by atoms with E-state index in [0.29, 0.717) is 0 Å². The maximum Gasteiger partial charge on any atom is 0.120 e. The highest BCUT2D eigenvalue weighted by atomic mass is 16.6. The van der Waals surface area contributed by atoms with Crippen LogP contribution in [0.5, 0.6) is 0 Å². The summed E-state index contributed by atoms with van der Waals surface area (Å²) in [5.74, 6) is -0.386. The molecule has 0 bridgehead atoms. The van der Waals surface area contributed by atoms with E-state index in [-0.39, 0.29) is 17.9 Å². The van der Waals surface area contributed by atoms with Gasteiger partial charge in [0.15, 0.2) is 0 Å². The molecule has 128 valence electrons. The predicted molar refractivity (Wildman–Crippen MR) is 83.3 cm³/mol. The summed E-state index contributed by atoms with van der Waals surface area (Å²) < 4.78 is 16.9. The van der Waals surface area contributed by atoms with Crippen molar-refractivity contribution < 1.29 is 24.4 Å². The van der Waals surface area contributed by atoms with Crippen LogP contribution in [0, 0.1) is 11.8 Å². The van der Waals surface area contributed by atoms with Crippen LogP contribution in [-0.2, 0) is 14.2 Å². The molecule has 21 heavy (non-hydrogen) atoms. The molecule has 5 nitrogen and oxygen atoms in total. The molecule has 0 aromatic rings. The number of aliphatic hydroxyl groups is 2. The second kappa shape index (κ2) is 7.88. The van der Waals surface area contributed by atoms with Crippen LogP contribution in [0.15, 0.2) is 0 Å². The van der Waals surface area contributed by atoms with Gasteiger partial charge in [0.2, 0.25) is 0 Å². The van der Waals surface area contributed by atoms with Gasteiger partial charge in [0.25, 0.3) is 0 Å². The molecule has 7 atom stereocenters. The Labute approximate surface area is 129 Å². The van der Waals surface area contributed by atoms with E-state index in [4.69, 9.17) is 14.2 Å². The Balaban J connectivity index is 5.71. The maximum absolute atomic E-state index is 10.8. The zero-order valence-electron chi connectivity index (χ0n) is 15.0. The zero-order chi connectivity index (χ0) is 17.0. The third kappa shape index (κ3) is 3.77. The van der Waals surface area contributed by atoms with E-state index in [1.165, 1.54) is 0 Å². The first kappa shape index (κ1) is 20.8. The van der Waals surface area contributed by atoms with Gasteiger partial charge < -0.3 is 24.4 Å². The molecule has 0 radical (unpaired) electrons. The van der Waals surface area contributed by atoms with E-state index < -0.39 is 23.4 Å². The quantitative estimate of drug-likeness (QED) is 0.680. The molecule has 0 saturated heterocycles. The average molecular weight is 306 g/mol. The fourth-order valence-electron chi connectivity index (χ4n) is 2.88. The molecular weight excluding hydrogens is 272 g/mol. The molecule has 7 unspecified atom stereocenters. The zero-order valence-corrected chi connectivity index (χ0v) is 15.0. The summed E-state index contributed by atoms with van der Waals surface area (Å²) in [6.07, 6.45) is -1.61. The number of ether oxygens (including phenoxy) is 3. The molecule has 0 aliphatic carbocycles. The number of hydrogen-bond donors (Lipinski definition) is 2. The SMILES string of the molecule is COC(C)C(C)C(C)(OC)C(C)(OC)C(O)C(C)C(C)O. The van der Waals surface area contributed by atoms with Gasteiger partial charge in [-0.1, -0.05) is 13.8 Å². The van der Waals surface area contributed by atoms with E-state index in [1.54, 1.807) is 35.2 Å². The molecule has 0 aromatic heterocycles. The van der Waals surface area contributed by atoms with Crippen molar-refractivity contribution in [3.63, 3.8) is 0 Å². The van der Waals surface area contributed by atoms with Crippen molar-refractivity contribution in [3.05, 3.63) is 0 Å². The Morgan fingerprint density at radius 2 is 1.24 bits per heavy atom. The lowest BCUT2D eigenvalue weighted by Gasteiger charge is -2.52. The van der Waals surface area contributed by atoms with Crippen LogP contribution in [0.25, 0.3) is 0 Å². The maximum atomic E-state index is 10.8. The highest BCUT2D eigenvalue weighted by molar-refractivity contribution is 5.06. The van der Waals surface area contributed by atoms with Gasteiger partial charge in [-0.05, 0) is 27.7 Å². The Bertz CT molecular complexity index is 309. The van der Waals surface area contributed by atoms with Crippen LogP contribution >= 0.6 is 0 Å². The highest BCUT2D eigenvalue weighted by Gasteiger charge is 2.56. The normalized spacial score (nSPS) is 25.3. The first-order valence-corrected chi connectivity index (χ1v) is 7.52. The summed E-state index contributed by atoms with van der Waals surface area (Å²) >= 11 is 0. The van der Waals surface area contributed by atoms with Gasteiger partial charge >= 0.3 is 0 Å². The predicted octanol–water partition coefficient (Wildman–Crippen LogP) is 1.85. The van der Waals surface area contributed by atoms with Crippen molar-refractivity contribution in [3.8, 4) is 0 Å². The molecule has 0 spiro atoms. The van der Waals surface area contributed by atoms with Crippen LogP contribution in [0.2, 0.25) is 0 Å². The number of methoxy groups -OCH3 is 3. The van der Waals surface area contributed by atoms with E-state index in [1.807, 2.05) is 27.7 Å². The largest absolute Gasteiger partial charge is 0.393 e. The highest BCUT2D eigenvalue weighted by Crippen LogP contribution is 2.42. The van der Waals surface area contributed by atoms with Crippen molar-refractivity contribution in [2.45, 2.75) is 71.1 Å². The minimum atomic E-state index is -0.996. The standard InChI is InChI=1S/C16H34O5/c1-10(12(3)17)14(18)16(6,21-9)15(5,20-8)11(2)13(4)19-7/h10-14,17-18H,1-9H3. The summed E-state index contributed by atoms with van der Waals surface area (Å²) in [5.41, 5.74) is -1.79. The molecule has 2 N–H and O–H groups in total. The van der Waals surface area contributed by atoms with E-state index in [0.717, 1.165) is 0 Å². The summed E-state index contributed by atoms with van der Waals surface area (Å²) in [6, 6.07) is 0. The van der Waals surface area contributed by atoms with E-state index in [9.17, 15) is 10.2 Å². The van der Waals surface area contributed by atoms with Crippen molar-refractivity contribution in [1.82, 2.24) is 0 Å². The van der Waals surface area contributed by atoms with E-state index >= 15 is 0 Å². The summed E-state index contributed by atoms with van der Waals surface area (Å²) in [7, 11) is 4.81. The van der Waals surface area contributed by atoms with Gasteiger partial charge in [-0.25, -0.2) is 0 Å². The Morgan fingerprint density at radius 1 is 0.810 bits per heavy atom. The monoisotopic (exact) mass is 306 g/mol. The lowest BCUT2D eigenvalue weighted by molar-refractivity contribution is -0.253. The first-order chi connectivity index (χ1) is 9.53. The van der Waals surface area contributed by atoms with Gasteiger partial charge in [-0.3, -0.25) is 0 Å². The molecule has 0 fully saturated rings. The summed E-state index contributed by atoms with van der Waals surface area (Å²) in [6.45, 7) is 11.2. The number of hydrogen-bond acceptors (Lipinski definition) is 5. The van der Waals surface area contributed by atoms with Gasteiger partial charge in [0.05, 0.1) is 18.3 Å². The molecule has 0 amide bonds. The van der Waals surface area contributed by atoms with Crippen LogP contribution in [-0.4, -0.2) is 61.1 Å². The molecular formula is C16H34O5. The van der Waals surface area contributed by atoms with Crippen LogP contribution in [0.3, 0.4) is 0 Å². The third-order valence-electron chi connectivity index (χ3n) is 5.60. The molecule has 0 rings (SSSR count). The van der Waals surface area contributed by atoms with Gasteiger partial charge in [-0.2, -0.15) is 0 Å². The molecule has 0 aromatic carbocycles. The van der Waals surface area contributed by atoms with E-state index in [2.05, 4.69) is 0 Å². The fourth-order valence-corrected chi connectivity index (χ4v) is 2.88. The van der Waals surface area contributed by atoms with Crippen LogP contribution < -0.4 is 0 Å². The Hall–Kier alpha value is -0.200.